The number of benzene rings is 1. The molecule has 1 N–H and O–H groups in total. The number of hydrogen-bond donors (Lipinski definition) is 1. The molecule has 1 atom stereocenters. The second kappa shape index (κ2) is 5.21. The molecule has 16 heavy (non-hydrogen) atoms. The molecule has 1 heterocycles. The molecule has 1 fully saturated rings. The Balaban J connectivity index is 1.80. The summed E-state index contributed by atoms with van der Waals surface area (Å²) in [5, 5.41) is 9.15. The highest BCUT2D eigenvalue weighted by molar-refractivity contribution is 5.30. The van der Waals surface area contributed by atoms with E-state index in [0.29, 0.717) is 5.92 Å². The summed E-state index contributed by atoms with van der Waals surface area (Å²) >= 11 is 0. The molecule has 0 amide bonds. The Bertz CT molecular complexity index is 323. The van der Waals surface area contributed by atoms with Crippen LogP contribution in [-0.4, -0.2) is 36.8 Å². The minimum atomic E-state index is 0.282. The molecule has 3 heteroatoms. The summed E-state index contributed by atoms with van der Waals surface area (Å²) in [6.45, 7) is 3.10. The topological polar surface area (TPSA) is 32.7 Å². The summed E-state index contributed by atoms with van der Waals surface area (Å²) in [6, 6.07) is 6.93. The van der Waals surface area contributed by atoms with Gasteiger partial charge in [0.2, 0.25) is 0 Å². The lowest BCUT2D eigenvalue weighted by Gasteiger charge is -2.29. The zero-order valence-electron chi connectivity index (χ0n) is 9.72. The van der Waals surface area contributed by atoms with E-state index in [1.54, 1.807) is 12.1 Å². The van der Waals surface area contributed by atoms with Crippen molar-refractivity contribution < 1.29 is 9.84 Å². The van der Waals surface area contributed by atoms with Crippen molar-refractivity contribution in [3.8, 4) is 11.5 Å². The lowest BCUT2D eigenvalue weighted by atomic mass is 10.00. The summed E-state index contributed by atoms with van der Waals surface area (Å²) in [5.74, 6) is 1.75. The van der Waals surface area contributed by atoms with E-state index < -0.39 is 0 Å². The molecule has 1 unspecified atom stereocenters. The van der Waals surface area contributed by atoms with Gasteiger partial charge < -0.3 is 14.7 Å². The molecule has 2 rings (SSSR count). The van der Waals surface area contributed by atoms with E-state index in [4.69, 9.17) is 9.84 Å². The highest BCUT2D eigenvalue weighted by atomic mass is 16.5. The van der Waals surface area contributed by atoms with E-state index in [1.807, 2.05) is 12.1 Å². The lowest BCUT2D eigenvalue weighted by Crippen LogP contribution is -2.34. The highest BCUT2D eigenvalue weighted by Crippen LogP contribution is 2.19. The number of likely N-dealkylation sites (tertiary alicyclic amines) is 1. The fraction of sp³-hybridized carbons (Fsp3) is 0.538. The van der Waals surface area contributed by atoms with Crippen molar-refractivity contribution in [1.82, 2.24) is 4.90 Å². The molecule has 3 nitrogen and oxygen atoms in total. The standard InChI is InChI=1S/C13H19NO2/c1-14-8-2-3-11(9-14)10-16-13-6-4-12(15)5-7-13/h4-7,11,15H,2-3,8-10H2,1H3. The van der Waals surface area contributed by atoms with Gasteiger partial charge in [-0.2, -0.15) is 0 Å². The predicted octanol–water partition coefficient (Wildman–Crippen LogP) is 2.11. The Morgan fingerprint density at radius 3 is 2.81 bits per heavy atom. The van der Waals surface area contributed by atoms with E-state index in [-0.39, 0.29) is 5.75 Å². The van der Waals surface area contributed by atoms with Crippen LogP contribution in [0.2, 0.25) is 0 Å². The Kier molecular flexibility index (Phi) is 3.67. The Morgan fingerprint density at radius 2 is 2.12 bits per heavy atom. The molecule has 1 saturated heterocycles. The summed E-state index contributed by atoms with van der Waals surface area (Å²) in [4.78, 5) is 2.36. The first-order valence-corrected chi connectivity index (χ1v) is 5.84. The van der Waals surface area contributed by atoms with Crippen LogP contribution in [0.15, 0.2) is 24.3 Å². The van der Waals surface area contributed by atoms with Crippen LogP contribution in [0, 0.1) is 5.92 Å². The zero-order valence-corrected chi connectivity index (χ0v) is 9.72. The van der Waals surface area contributed by atoms with Crippen molar-refractivity contribution in [3.63, 3.8) is 0 Å². The number of hydrogen-bond acceptors (Lipinski definition) is 3. The monoisotopic (exact) mass is 221 g/mol. The summed E-state index contributed by atoms with van der Waals surface area (Å²) in [6.07, 6.45) is 2.52. The number of phenolic OH excluding ortho intramolecular Hbond substituents is 1. The fourth-order valence-electron chi connectivity index (χ4n) is 2.17. The van der Waals surface area contributed by atoms with Gasteiger partial charge in [-0.3, -0.25) is 0 Å². The van der Waals surface area contributed by atoms with Crippen LogP contribution in [0.4, 0.5) is 0 Å². The van der Waals surface area contributed by atoms with E-state index in [1.165, 1.54) is 19.4 Å². The van der Waals surface area contributed by atoms with Crippen LogP contribution in [-0.2, 0) is 0 Å². The third-order valence-electron chi connectivity index (χ3n) is 3.04. The normalized spacial score (nSPS) is 21.9. The van der Waals surface area contributed by atoms with Crippen molar-refractivity contribution in [1.29, 1.82) is 0 Å². The molecule has 0 spiro atoms. The molecule has 0 radical (unpaired) electrons. The molecule has 0 aromatic heterocycles. The summed E-state index contributed by atoms with van der Waals surface area (Å²) in [5.41, 5.74) is 0. The van der Waals surface area contributed by atoms with Gasteiger partial charge in [-0.15, -0.1) is 0 Å². The molecular weight excluding hydrogens is 202 g/mol. The average molecular weight is 221 g/mol. The van der Waals surface area contributed by atoms with Crippen molar-refractivity contribution >= 4 is 0 Å². The van der Waals surface area contributed by atoms with Crippen molar-refractivity contribution in [2.45, 2.75) is 12.8 Å². The third-order valence-corrected chi connectivity index (χ3v) is 3.04. The number of nitrogens with zero attached hydrogens (tertiary/aromatic N) is 1. The van der Waals surface area contributed by atoms with Crippen LogP contribution in [0.5, 0.6) is 11.5 Å². The number of aromatic hydroxyl groups is 1. The van der Waals surface area contributed by atoms with Gasteiger partial charge in [0.05, 0.1) is 6.61 Å². The van der Waals surface area contributed by atoms with Gasteiger partial charge in [0.1, 0.15) is 11.5 Å². The minimum Gasteiger partial charge on any atom is -0.508 e. The Hall–Kier alpha value is -1.22. The molecule has 1 aromatic rings. The van der Waals surface area contributed by atoms with E-state index in [9.17, 15) is 0 Å². The van der Waals surface area contributed by atoms with E-state index >= 15 is 0 Å². The smallest absolute Gasteiger partial charge is 0.119 e. The van der Waals surface area contributed by atoms with Gasteiger partial charge in [-0.05, 0) is 50.7 Å². The molecule has 1 aliphatic heterocycles. The first-order valence-electron chi connectivity index (χ1n) is 5.84. The van der Waals surface area contributed by atoms with Gasteiger partial charge in [0.25, 0.3) is 0 Å². The molecular formula is C13H19NO2. The van der Waals surface area contributed by atoms with Crippen LogP contribution in [0.3, 0.4) is 0 Å². The Labute approximate surface area is 96.6 Å². The maximum atomic E-state index is 9.15. The number of piperidine rings is 1. The fourth-order valence-corrected chi connectivity index (χ4v) is 2.17. The van der Waals surface area contributed by atoms with Crippen LogP contribution in [0.1, 0.15) is 12.8 Å². The maximum absolute atomic E-state index is 9.15. The minimum absolute atomic E-state index is 0.282. The number of phenols is 1. The lowest BCUT2D eigenvalue weighted by molar-refractivity contribution is 0.150. The van der Waals surface area contributed by atoms with Gasteiger partial charge in [0, 0.05) is 12.5 Å². The second-order valence-electron chi connectivity index (χ2n) is 4.58. The number of ether oxygens (including phenoxy) is 1. The second-order valence-corrected chi connectivity index (χ2v) is 4.58. The maximum Gasteiger partial charge on any atom is 0.119 e. The quantitative estimate of drug-likeness (QED) is 0.848. The molecule has 0 aliphatic carbocycles. The molecule has 0 saturated carbocycles. The van der Waals surface area contributed by atoms with Crippen LogP contribution >= 0.6 is 0 Å². The van der Waals surface area contributed by atoms with Gasteiger partial charge in [-0.1, -0.05) is 0 Å². The van der Waals surface area contributed by atoms with Gasteiger partial charge >= 0.3 is 0 Å². The molecule has 88 valence electrons. The predicted molar refractivity (Wildman–Crippen MR) is 63.8 cm³/mol. The van der Waals surface area contributed by atoms with Gasteiger partial charge in [-0.25, -0.2) is 0 Å². The van der Waals surface area contributed by atoms with E-state index in [0.717, 1.165) is 18.9 Å². The highest BCUT2D eigenvalue weighted by Gasteiger charge is 2.17. The van der Waals surface area contributed by atoms with Crippen molar-refractivity contribution in [2.24, 2.45) is 5.92 Å². The van der Waals surface area contributed by atoms with Crippen LogP contribution in [0.25, 0.3) is 0 Å². The number of rotatable bonds is 3. The SMILES string of the molecule is CN1CCCC(COc2ccc(O)cc2)C1. The summed E-state index contributed by atoms with van der Waals surface area (Å²) < 4.78 is 5.71. The first kappa shape index (κ1) is 11.3. The summed E-state index contributed by atoms with van der Waals surface area (Å²) in [7, 11) is 2.16. The molecule has 1 aromatic carbocycles. The third kappa shape index (κ3) is 3.14. The average Bonchev–Trinajstić information content (AvgIpc) is 2.28. The van der Waals surface area contributed by atoms with E-state index in [2.05, 4.69) is 11.9 Å². The Morgan fingerprint density at radius 1 is 1.38 bits per heavy atom. The van der Waals surface area contributed by atoms with Gasteiger partial charge in [0.15, 0.2) is 0 Å². The van der Waals surface area contributed by atoms with Crippen molar-refractivity contribution in [3.05, 3.63) is 24.3 Å². The van der Waals surface area contributed by atoms with Crippen LogP contribution < -0.4 is 4.74 Å². The first-order chi connectivity index (χ1) is 7.74. The molecule has 0 bridgehead atoms. The molecule has 1 aliphatic rings. The van der Waals surface area contributed by atoms with Crippen molar-refractivity contribution in [2.75, 3.05) is 26.7 Å². The zero-order chi connectivity index (χ0) is 11.4. The largest absolute Gasteiger partial charge is 0.508 e.